The van der Waals surface area contributed by atoms with Crippen LogP contribution in [-0.4, -0.2) is 26.7 Å². The highest BCUT2D eigenvalue weighted by atomic mass is 79.9. The van der Waals surface area contributed by atoms with Crippen molar-refractivity contribution >= 4 is 27.5 Å². The van der Waals surface area contributed by atoms with E-state index in [1.807, 2.05) is 12.1 Å². The molecule has 0 spiro atoms. The minimum absolute atomic E-state index is 0.0857. The predicted octanol–water partition coefficient (Wildman–Crippen LogP) is 4.83. The van der Waals surface area contributed by atoms with E-state index in [2.05, 4.69) is 34.2 Å². The highest BCUT2D eigenvalue weighted by molar-refractivity contribution is 9.10. The molecule has 2 aromatic rings. The number of carbonyl (C=O) groups excluding carboxylic acids is 1. The van der Waals surface area contributed by atoms with Crippen molar-refractivity contribution in [1.82, 2.24) is 0 Å². The normalized spacial score (nSPS) is 10.3. The van der Waals surface area contributed by atoms with Crippen LogP contribution < -0.4 is 19.5 Å². The van der Waals surface area contributed by atoms with Crippen LogP contribution in [0.1, 0.15) is 25.3 Å². The number of hydrogen-bond donors (Lipinski definition) is 1. The van der Waals surface area contributed by atoms with Crippen molar-refractivity contribution in [3.63, 3.8) is 0 Å². The van der Waals surface area contributed by atoms with Crippen molar-refractivity contribution in [2.24, 2.45) is 0 Å². The van der Waals surface area contributed by atoms with Gasteiger partial charge < -0.3 is 19.5 Å². The monoisotopic (exact) mass is 421 g/mol. The van der Waals surface area contributed by atoms with Crippen LogP contribution in [0, 0.1) is 0 Å². The summed E-state index contributed by atoms with van der Waals surface area (Å²) in [4.78, 5) is 12.1. The second-order valence-electron chi connectivity index (χ2n) is 5.68. The lowest BCUT2D eigenvalue weighted by Gasteiger charge is -2.12. The van der Waals surface area contributed by atoms with Gasteiger partial charge in [0, 0.05) is 12.5 Å². The van der Waals surface area contributed by atoms with Gasteiger partial charge in [-0.25, -0.2) is 0 Å². The van der Waals surface area contributed by atoms with E-state index in [9.17, 15) is 4.79 Å². The molecule has 2 aromatic carbocycles. The average molecular weight is 422 g/mol. The molecule has 0 aromatic heterocycles. The summed E-state index contributed by atoms with van der Waals surface area (Å²) in [6.45, 7) is 2.58. The molecule has 0 fully saturated rings. The summed E-state index contributed by atoms with van der Waals surface area (Å²) in [5.41, 5.74) is 1.87. The van der Waals surface area contributed by atoms with Gasteiger partial charge in [0.25, 0.3) is 0 Å². The first-order chi connectivity index (χ1) is 12.6. The largest absolute Gasteiger partial charge is 0.497 e. The van der Waals surface area contributed by atoms with Crippen molar-refractivity contribution in [1.29, 1.82) is 0 Å². The van der Waals surface area contributed by atoms with Gasteiger partial charge in [-0.05, 0) is 58.6 Å². The molecule has 6 heteroatoms. The molecule has 26 heavy (non-hydrogen) atoms. The first kappa shape index (κ1) is 20.1. The molecule has 2 rings (SSSR count). The van der Waals surface area contributed by atoms with Crippen LogP contribution in [0.2, 0.25) is 0 Å². The molecule has 0 aliphatic carbocycles. The molecule has 0 radical (unpaired) electrons. The zero-order valence-electron chi connectivity index (χ0n) is 15.3. The fourth-order valence-corrected chi connectivity index (χ4v) is 2.95. The van der Waals surface area contributed by atoms with Crippen LogP contribution in [0.5, 0.6) is 17.2 Å². The van der Waals surface area contributed by atoms with Crippen molar-refractivity contribution in [2.45, 2.75) is 26.2 Å². The maximum Gasteiger partial charge on any atom is 0.224 e. The molecular weight excluding hydrogens is 398 g/mol. The van der Waals surface area contributed by atoms with Crippen molar-refractivity contribution in [2.75, 3.05) is 26.1 Å². The van der Waals surface area contributed by atoms with Crippen molar-refractivity contribution < 1.29 is 19.0 Å². The Morgan fingerprint density at radius 1 is 1.08 bits per heavy atom. The van der Waals surface area contributed by atoms with Gasteiger partial charge in [0.05, 0.1) is 31.0 Å². The van der Waals surface area contributed by atoms with E-state index < -0.39 is 0 Å². The second-order valence-corrected chi connectivity index (χ2v) is 6.54. The lowest BCUT2D eigenvalue weighted by Crippen LogP contribution is -2.13. The smallest absolute Gasteiger partial charge is 0.224 e. The summed E-state index contributed by atoms with van der Waals surface area (Å²) in [6.07, 6.45) is 1.96. The first-order valence-corrected chi connectivity index (χ1v) is 9.29. The third kappa shape index (κ3) is 5.66. The summed E-state index contributed by atoms with van der Waals surface area (Å²) in [6, 6.07) is 11.3. The molecule has 1 amide bonds. The lowest BCUT2D eigenvalue weighted by molar-refractivity contribution is -0.116. The van der Waals surface area contributed by atoms with Gasteiger partial charge >= 0.3 is 0 Å². The van der Waals surface area contributed by atoms with Crippen molar-refractivity contribution in [3.8, 4) is 17.2 Å². The maximum absolute atomic E-state index is 12.1. The number of nitrogens with one attached hydrogen (secondary N) is 1. The standard InChI is InChI=1S/C20H24BrNO4/c1-4-14-7-10-18(16(21)12-14)26-11-5-6-20(23)22-17-9-8-15(24-2)13-19(17)25-3/h7-10,12-13H,4-6,11H2,1-3H3,(H,22,23). The Labute approximate surface area is 162 Å². The molecule has 140 valence electrons. The third-order valence-corrected chi connectivity index (χ3v) is 4.51. The number of benzene rings is 2. The Morgan fingerprint density at radius 3 is 2.54 bits per heavy atom. The van der Waals surface area contributed by atoms with E-state index in [1.165, 1.54) is 5.56 Å². The number of halogens is 1. The SMILES string of the molecule is CCc1ccc(OCCCC(=O)Nc2ccc(OC)cc2OC)c(Br)c1. The molecule has 1 N–H and O–H groups in total. The zero-order chi connectivity index (χ0) is 18.9. The minimum atomic E-state index is -0.0857. The van der Waals surface area contributed by atoms with E-state index in [0.717, 1.165) is 16.6 Å². The van der Waals surface area contributed by atoms with Crippen molar-refractivity contribution in [3.05, 3.63) is 46.4 Å². The Bertz CT molecular complexity index is 749. The summed E-state index contributed by atoms with van der Waals surface area (Å²) in [7, 11) is 3.14. The third-order valence-electron chi connectivity index (χ3n) is 3.89. The summed E-state index contributed by atoms with van der Waals surface area (Å²) < 4.78 is 17.1. The fourth-order valence-electron chi connectivity index (χ4n) is 2.41. The molecule has 0 bridgehead atoms. The van der Waals surface area contributed by atoms with Crippen LogP contribution in [-0.2, 0) is 11.2 Å². The number of anilines is 1. The van der Waals surface area contributed by atoms with Gasteiger partial charge in [-0.15, -0.1) is 0 Å². The Kier molecular flexibility index (Phi) is 7.78. The molecule has 0 atom stereocenters. The van der Waals surface area contributed by atoms with Crippen LogP contribution in [0.3, 0.4) is 0 Å². The second kappa shape index (κ2) is 10.1. The van der Waals surface area contributed by atoms with Gasteiger partial charge in [0.15, 0.2) is 0 Å². The lowest BCUT2D eigenvalue weighted by atomic mass is 10.2. The van der Waals surface area contributed by atoms with Crippen LogP contribution in [0.25, 0.3) is 0 Å². The fraction of sp³-hybridized carbons (Fsp3) is 0.350. The summed E-state index contributed by atoms with van der Waals surface area (Å²) in [5.74, 6) is 1.94. The van der Waals surface area contributed by atoms with Gasteiger partial charge in [-0.2, -0.15) is 0 Å². The van der Waals surface area contributed by atoms with Gasteiger partial charge in [0.2, 0.25) is 5.91 Å². The van der Waals surface area contributed by atoms with E-state index in [0.29, 0.717) is 36.6 Å². The number of hydrogen-bond acceptors (Lipinski definition) is 4. The van der Waals surface area contributed by atoms with E-state index in [-0.39, 0.29) is 5.91 Å². The van der Waals surface area contributed by atoms with Crippen LogP contribution in [0.4, 0.5) is 5.69 Å². The Balaban J connectivity index is 1.80. The molecule has 0 saturated carbocycles. The van der Waals surface area contributed by atoms with Crippen LogP contribution in [0.15, 0.2) is 40.9 Å². The number of carbonyl (C=O) groups is 1. The molecule has 5 nitrogen and oxygen atoms in total. The molecule has 0 aliphatic rings. The quantitative estimate of drug-likeness (QED) is 0.589. The molecule has 0 unspecified atom stereocenters. The topological polar surface area (TPSA) is 56.8 Å². The minimum Gasteiger partial charge on any atom is -0.497 e. The molecule has 0 aliphatic heterocycles. The Morgan fingerprint density at radius 2 is 1.88 bits per heavy atom. The van der Waals surface area contributed by atoms with E-state index in [1.54, 1.807) is 32.4 Å². The number of ether oxygens (including phenoxy) is 3. The predicted molar refractivity (Wildman–Crippen MR) is 106 cm³/mol. The Hall–Kier alpha value is -2.21. The average Bonchev–Trinajstić information content (AvgIpc) is 2.66. The molecular formula is C20H24BrNO4. The number of methoxy groups -OCH3 is 2. The van der Waals surface area contributed by atoms with E-state index in [4.69, 9.17) is 14.2 Å². The molecule has 0 saturated heterocycles. The van der Waals surface area contributed by atoms with E-state index >= 15 is 0 Å². The van der Waals surface area contributed by atoms with Crippen LogP contribution >= 0.6 is 15.9 Å². The highest BCUT2D eigenvalue weighted by Gasteiger charge is 2.09. The number of aryl methyl sites for hydroxylation is 1. The maximum atomic E-state index is 12.1. The summed E-state index contributed by atoms with van der Waals surface area (Å²) >= 11 is 3.51. The summed E-state index contributed by atoms with van der Waals surface area (Å²) in [5, 5.41) is 2.85. The van der Waals surface area contributed by atoms with Gasteiger partial charge in [-0.1, -0.05) is 13.0 Å². The molecule has 0 heterocycles. The number of rotatable bonds is 9. The highest BCUT2D eigenvalue weighted by Crippen LogP contribution is 2.29. The van der Waals surface area contributed by atoms with Gasteiger partial charge in [-0.3, -0.25) is 4.79 Å². The zero-order valence-corrected chi connectivity index (χ0v) is 16.9. The first-order valence-electron chi connectivity index (χ1n) is 8.50. The van der Waals surface area contributed by atoms with Gasteiger partial charge in [0.1, 0.15) is 17.2 Å². The number of amides is 1.